The molecule has 1 amide bonds. The van der Waals surface area contributed by atoms with Gasteiger partial charge in [0.1, 0.15) is 5.00 Å². The van der Waals surface area contributed by atoms with Gasteiger partial charge in [-0.2, -0.15) is 0 Å². The number of aryl methyl sites for hydroxylation is 1. The summed E-state index contributed by atoms with van der Waals surface area (Å²) in [4.78, 5) is 34.5. The summed E-state index contributed by atoms with van der Waals surface area (Å²) in [7, 11) is 0. The van der Waals surface area contributed by atoms with Gasteiger partial charge in [-0.1, -0.05) is 0 Å². The summed E-state index contributed by atoms with van der Waals surface area (Å²) in [5.41, 5.74) is 1.03. The topological polar surface area (TPSA) is 95.5 Å². The first-order valence-electron chi connectivity index (χ1n) is 5.84. The second-order valence-corrected chi connectivity index (χ2v) is 5.07. The molecular weight excluding hydrogens is 282 g/mol. The second-order valence-electron chi connectivity index (χ2n) is 3.85. The Morgan fingerprint density at radius 1 is 1.30 bits per heavy atom. The van der Waals surface area contributed by atoms with E-state index in [1.54, 1.807) is 13.8 Å². The van der Waals surface area contributed by atoms with Crippen LogP contribution in [-0.2, 0) is 14.3 Å². The predicted octanol–water partition coefficient (Wildman–Crippen LogP) is 0.786. The number of carbonyl (C=O) groups is 3. The van der Waals surface area contributed by atoms with Gasteiger partial charge in [0.15, 0.2) is 0 Å². The lowest BCUT2D eigenvalue weighted by Crippen LogP contribution is -2.20. The minimum absolute atomic E-state index is 0.227. The summed E-state index contributed by atoms with van der Waals surface area (Å²) in [6.07, 6.45) is 1.45. The van der Waals surface area contributed by atoms with Crippen LogP contribution < -0.4 is 10.4 Å². The Morgan fingerprint density at radius 2 is 1.95 bits per heavy atom. The van der Waals surface area contributed by atoms with Crippen molar-refractivity contribution in [1.29, 1.82) is 0 Å². The maximum atomic E-state index is 11.9. The Hall–Kier alpha value is -2.15. The van der Waals surface area contributed by atoms with Gasteiger partial charge in [-0.25, -0.2) is 4.79 Å². The highest BCUT2D eigenvalue weighted by molar-refractivity contribution is 7.16. The third-order valence-electron chi connectivity index (χ3n) is 2.47. The number of hydrogen-bond acceptors (Lipinski definition) is 6. The number of ether oxygens (including phenoxy) is 1. The molecule has 0 aliphatic heterocycles. The Labute approximate surface area is 120 Å². The standard InChI is InChI=1S/C13H15NO5S/c1-4-19-13(18)11-7(2)8(3)20-12(11)14-9(15)5-6-10(16)17/h5-6H,4H2,1-3H3,(H,14,15)(H,16,17)/p-1/b6-5+. The predicted molar refractivity (Wildman–Crippen MR) is 72.5 cm³/mol. The molecule has 1 rings (SSSR count). The van der Waals surface area contributed by atoms with E-state index in [-0.39, 0.29) is 6.61 Å². The van der Waals surface area contributed by atoms with E-state index in [1.165, 1.54) is 11.3 Å². The van der Waals surface area contributed by atoms with E-state index in [1.807, 2.05) is 6.92 Å². The minimum atomic E-state index is -1.47. The van der Waals surface area contributed by atoms with Crippen molar-refractivity contribution in [3.05, 3.63) is 28.2 Å². The molecular formula is C13H14NO5S-. The Morgan fingerprint density at radius 3 is 2.50 bits per heavy atom. The van der Waals surface area contributed by atoms with Crippen LogP contribution in [0, 0.1) is 13.8 Å². The highest BCUT2D eigenvalue weighted by Gasteiger charge is 2.21. The average Bonchev–Trinajstić information content (AvgIpc) is 2.62. The van der Waals surface area contributed by atoms with Crippen LogP contribution in [-0.4, -0.2) is 24.5 Å². The third-order valence-corrected chi connectivity index (χ3v) is 3.60. The monoisotopic (exact) mass is 296 g/mol. The SMILES string of the molecule is CCOC(=O)c1c(NC(=O)/C=C/C(=O)[O-])sc(C)c1C. The number of hydrogen-bond donors (Lipinski definition) is 1. The fraction of sp³-hybridized carbons (Fsp3) is 0.308. The molecule has 1 N–H and O–H groups in total. The van der Waals surface area contributed by atoms with Crippen LogP contribution >= 0.6 is 11.3 Å². The molecule has 1 aromatic heterocycles. The van der Waals surface area contributed by atoms with Gasteiger partial charge in [-0.15, -0.1) is 11.3 Å². The first kappa shape index (κ1) is 15.9. The zero-order chi connectivity index (χ0) is 15.3. The number of carboxylic acids is 1. The van der Waals surface area contributed by atoms with E-state index in [2.05, 4.69) is 5.32 Å². The van der Waals surface area contributed by atoms with Crippen molar-refractivity contribution < 1.29 is 24.2 Å². The number of esters is 1. The smallest absolute Gasteiger partial charge is 0.341 e. The minimum Gasteiger partial charge on any atom is -0.545 e. The Balaban J connectivity index is 3.01. The molecule has 0 aliphatic carbocycles. The molecule has 20 heavy (non-hydrogen) atoms. The van der Waals surface area contributed by atoms with Gasteiger partial charge in [-0.3, -0.25) is 4.79 Å². The molecule has 0 spiro atoms. The van der Waals surface area contributed by atoms with Gasteiger partial charge in [0.05, 0.1) is 18.1 Å². The third kappa shape index (κ3) is 3.92. The van der Waals surface area contributed by atoms with E-state index in [4.69, 9.17) is 4.74 Å². The summed E-state index contributed by atoms with van der Waals surface area (Å²) >= 11 is 1.23. The summed E-state index contributed by atoms with van der Waals surface area (Å²) in [5, 5.41) is 13.0. The quantitative estimate of drug-likeness (QED) is 0.640. The number of aliphatic carboxylic acids is 1. The van der Waals surface area contributed by atoms with Crippen molar-refractivity contribution in [2.45, 2.75) is 20.8 Å². The van der Waals surface area contributed by atoms with Crippen molar-refractivity contribution in [3.8, 4) is 0 Å². The van der Waals surface area contributed by atoms with Crippen LogP contribution in [0.2, 0.25) is 0 Å². The van der Waals surface area contributed by atoms with E-state index in [0.29, 0.717) is 16.6 Å². The van der Waals surface area contributed by atoms with Gasteiger partial charge in [-0.05, 0) is 32.4 Å². The van der Waals surface area contributed by atoms with Gasteiger partial charge in [0, 0.05) is 11.0 Å². The fourth-order valence-electron chi connectivity index (χ4n) is 1.46. The van der Waals surface area contributed by atoms with Crippen LogP contribution in [0.25, 0.3) is 0 Å². The van der Waals surface area contributed by atoms with Crippen LogP contribution in [0.3, 0.4) is 0 Å². The van der Waals surface area contributed by atoms with Gasteiger partial charge >= 0.3 is 5.97 Å². The molecule has 0 saturated carbocycles. The lowest BCUT2D eigenvalue weighted by atomic mass is 10.1. The number of anilines is 1. The first-order chi connectivity index (χ1) is 9.36. The largest absolute Gasteiger partial charge is 0.545 e. The van der Waals surface area contributed by atoms with Gasteiger partial charge in [0.2, 0.25) is 5.91 Å². The van der Waals surface area contributed by atoms with Crippen molar-refractivity contribution in [1.82, 2.24) is 0 Å². The molecule has 0 bridgehead atoms. The molecule has 6 nitrogen and oxygen atoms in total. The first-order valence-corrected chi connectivity index (χ1v) is 6.65. The zero-order valence-corrected chi connectivity index (χ0v) is 12.1. The van der Waals surface area contributed by atoms with Crippen LogP contribution in [0.5, 0.6) is 0 Å². The molecule has 0 radical (unpaired) electrons. The zero-order valence-electron chi connectivity index (χ0n) is 11.3. The maximum absolute atomic E-state index is 11.9. The summed E-state index contributed by atoms with van der Waals surface area (Å²) in [6, 6.07) is 0. The summed E-state index contributed by atoms with van der Waals surface area (Å²) in [6.45, 7) is 5.48. The van der Waals surface area contributed by atoms with Crippen molar-refractivity contribution >= 4 is 34.2 Å². The Bertz CT molecular complexity index is 574. The van der Waals surface area contributed by atoms with Gasteiger partial charge < -0.3 is 20.0 Å². The molecule has 0 atom stereocenters. The molecule has 0 aliphatic rings. The molecule has 7 heteroatoms. The number of carboxylic acid groups (broad SMARTS) is 1. The molecule has 0 saturated heterocycles. The summed E-state index contributed by atoms with van der Waals surface area (Å²) in [5.74, 6) is -2.64. The second kappa shape index (κ2) is 6.85. The average molecular weight is 296 g/mol. The highest BCUT2D eigenvalue weighted by Crippen LogP contribution is 2.32. The molecule has 1 heterocycles. The van der Waals surface area contributed by atoms with Crippen LogP contribution in [0.4, 0.5) is 5.00 Å². The van der Waals surface area contributed by atoms with E-state index < -0.39 is 17.8 Å². The lowest BCUT2D eigenvalue weighted by Gasteiger charge is -2.05. The van der Waals surface area contributed by atoms with Crippen LogP contribution in [0.1, 0.15) is 27.7 Å². The number of carbonyl (C=O) groups excluding carboxylic acids is 3. The fourth-order valence-corrected chi connectivity index (χ4v) is 2.51. The van der Waals surface area contributed by atoms with Crippen molar-refractivity contribution in [3.63, 3.8) is 0 Å². The van der Waals surface area contributed by atoms with Crippen molar-refractivity contribution in [2.75, 3.05) is 11.9 Å². The Kier molecular flexibility index (Phi) is 5.45. The maximum Gasteiger partial charge on any atom is 0.341 e. The number of rotatable bonds is 5. The van der Waals surface area contributed by atoms with Crippen LogP contribution in [0.15, 0.2) is 12.2 Å². The normalized spacial score (nSPS) is 10.6. The van der Waals surface area contributed by atoms with E-state index in [9.17, 15) is 19.5 Å². The molecule has 0 unspecified atom stereocenters. The lowest BCUT2D eigenvalue weighted by molar-refractivity contribution is -0.297. The molecule has 108 valence electrons. The molecule has 0 aromatic carbocycles. The summed E-state index contributed by atoms with van der Waals surface area (Å²) < 4.78 is 4.94. The molecule has 0 fully saturated rings. The molecule has 1 aromatic rings. The number of nitrogens with one attached hydrogen (secondary N) is 1. The number of amides is 1. The van der Waals surface area contributed by atoms with Crippen molar-refractivity contribution in [2.24, 2.45) is 0 Å². The van der Waals surface area contributed by atoms with E-state index in [0.717, 1.165) is 16.5 Å². The highest BCUT2D eigenvalue weighted by atomic mass is 32.1. The number of thiophene rings is 1. The van der Waals surface area contributed by atoms with Gasteiger partial charge in [0.25, 0.3) is 0 Å². The van der Waals surface area contributed by atoms with E-state index >= 15 is 0 Å².